The monoisotopic (exact) mass is 270 g/mol. The summed E-state index contributed by atoms with van der Waals surface area (Å²) in [5.74, 6) is 0.499. The fourth-order valence-corrected chi connectivity index (χ4v) is 1.51. The average Bonchev–Trinajstić information content (AvgIpc) is 2.48. The van der Waals surface area contributed by atoms with Crippen molar-refractivity contribution in [2.75, 3.05) is 0 Å². The summed E-state index contributed by atoms with van der Waals surface area (Å²) >= 11 is 0. The lowest BCUT2D eigenvalue weighted by molar-refractivity contribution is -0.385. The SMILES string of the molecule is N#Cc1cc([N+](=O)[O-])cnc1Oc1ccc(CN)cc1. The number of ether oxygens (including phenoxy) is 1. The van der Waals surface area contributed by atoms with Crippen LogP contribution in [0.2, 0.25) is 0 Å². The van der Waals surface area contributed by atoms with Gasteiger partial charge in [-0.25, -0.2) is 4.98 Å². The van der Waals surface area contributed by atoms with Crippen molar-refractivity contribution in [1.82, 2.24) is 4.98 Å². The highest BCUT2D eigenvalue weighted by atomic mass is 16.6. The number of hydrogen-bond acceptors (Lipinski definition) is 6. The Hall–Kier alpha value is -2.98. The highest BCUT2D eigenvalue weighted by molar-refractivity contribution is 5.46. The number of nitro groups is 1. The molecular weight excluding hydrogens is 260 g/mol. The summed E-state index contributed by atoms with van der Waals surface area (Å²) in [6.07, 6.45) is 1.05. The van der Waals surface area contributed by atoms with Crippen LogP contribution in [0.4, 0.5) is 5.69 Å². The Balaban J connectivity index is 2.28. The van der Waals surface area contributed by atoms with E-state index in [-0.39, 0.29) is 17.1 Å². The van der Waals surface area contributed by atoms with Crippen molar-refractivity contribution in [3.05, 3.63) is 57.8 Å². The van der Waals surface area contributed by atoms with Crippen LogP contribution in [-0.4, -0.2) is 9.91 Å². The Bertz CT molecular complexity index is 677. The van der Waals surface area contributed by atoms with Gasteiger partial charge in [0.05, 0.1) is 4.92 Å². The average molecular weight is 270 g/mol. The zero-order chi connectivity index (χ0) is 14.5. The van der Waals surface area contributed by atoms with Gasteiger partial charge in [0.2, 0.25) is 5.88 Å². The van der Waals surface area contributed by atoms with E-state index in [1.54, 1.807) is 24.3 Å². The number of nitrogens with two attached hydrogens (primary N) is 1. The van der Waals surface area contributed by atoms with Gasteiger partial charge in [0.25, 0.3) is 5.69 Å². The van der Waals surface area contributed by atoms with E-state index in [4.69, 9.17) is 15.7 Å². The lowest BCUT2D eigenvalue weighted by atomic mass is 10.2. The number of nitrogens with zero attached hydrogens (tertiary/aromatic N) is 3. The van der Waals surface area contributed by atoms with Crippen molar-refractivity contribution in [3.63, 3.8) is 0 Å². The molecule has 0 aliphatic rings. The molecule has 0 aliphatic heterocycles. The molecule has 0 radical (unpaired) electrons. The highest BCUT2D eigenvalue weighted by Gasteiger charge is 2.13. The Morgan fingerprint density at radius 1 is 1.40 bits per heavy atom. The third-order valence-corrected chi connectivity index (χ3v) is 2.54. The molecule has 100 valence electrons. The van der Waals surface area contributed by atoms with Crippen molar-refractivity contribution < 1.29 is 9.66 Å². The van der Waals surface area contributed by atoms with Gasteiger partial charge in [0.1, 0.15) is 23.6 Å². The van der Waals surface area contributed by atoms with Crippen LogP contribution in [0.25, 0.3) is 0 Å². The molecule has 2 aromatic rings. The molecule has 0 atom stereocenters. The molecule has 7 nitrogen and oxygen atoms in total. The first-order chi connectivity index (χ1) is 9.63. The summed E-state index contributed by atoms with van der Waals surface area (Å²) in [6.45, 7) is 0.416. The van der Waals surface area contributed by atoms with Gasteiger partial charge in [-0.3, -0.25) is 10.1 Å². The number of pyridine rings is 1. The van der Waals surface area contributed by atoms with Gasteiger partial charge in [-0.2, -0.15) is 5.26 Å². The van der Waals surface area contributed by atoms with E-state index >= 15 is 0 Å². The summed E-state index contributed by atoms with van der Waals surface area (Å²) in [4.78, 5) is 13.8. The van der Waals surface area contributed by atoms with Crippen molar-refractivity contribution in [3.8, 4) is 17.7 Å². The maximum Gasteiger partial charge on any atom is 0.289 e. The molecular formula is C13H10N4O3. The molecule has 0 saturated heterocycles. The van der Waals surface area contributed by atoms with Crippen LogP contribution >= 0.6 is 0 Å². The van der Waals surface area contributed by atoms with Gasteiger partial charge < -0.3 is 10.5 Å². The van der Waals surface area contributed by atoms with Crippen LogP contribution < -0.4 is 10.5 Å². The topological polar surface area (TPSA) is 115 Å². The van der Waals surface area contributed by atoms with E-state index in [1.807, 2.05) is 6.07 Å². The molecule has 1 aromatic carbocycles. The molecule has 0 unspecified atom stereocenters. The summed E-state index contributed by atoms with van der Waals surface area (Å²) < 4.78 is 5.44. The van der Waals surface area contributed by atoms with Gasteiger partial charge in [0, 0.05) is 12.6 Å². The number of aromatic nitrogens is 1. The third kappa shape index (κ3) is 2.88. The molecule has 0 bridgehead atoms. The lowest BCUT2D eigenvalue weighted by Gasteiger charge is -2.06. The van der Waals surface area contributed by atoms with Crippen LogP contribution in [-0.2, 0) is 6.54 Å². The van der Waals surface area contributed by atoms with Gasteiger partial charge >= 0.3 is 0 Å². The Kier molecular flexibility index (Phi) is 3.88. The van der Waals surface area contributed by atoms with Gasteiger partial charge in [-0.1, -0.05) is 12.1 Å². The third-order valence-electron chi connectivity index (χ3n) is 2.54. The Labute approximate surface area is 114 Å². The minimum absolute atomic E-state index is 0.00195. The standard InChI is InChI=1S/C13H10N4O3/c14-6-9-1-3-12(4-2-9)20-13-10(7-15)5-11(8-16-13)17(18)19/h1-5,8H,6,14H2. The summed E-state index contributed by atoms with van der Waals surface area (Å²) in [5, 5.41) is 19.6. The highest BCUT2D eigenvalue weighted by Crippen LogP contribution is 2.25. The first-order valence-corrected chi connectivity index (χ1v) is 5.65. The zero-order valence-corrected chi connectivity index (χ0v) is 10.3. The van der Waals surface area contributed by atoms with E-state index in [9.17, 15) is 10.1 Å². The van der Waals surface area contributed by atoms with E-state index in [1.165, 1.54) is 0 Å². The van der Waals surface area contributed by atoms with Crippen LogP contribution in [0.1, 0.15) is 11.1 Å². The van der Waals surface area contributed by atoms with Crippen LogP contribution in [0, 0.1) is 21.4 Å². The first-order valence-electron chi connectivity index (χ1n) is 5.65. The van der Waals surface area contributed by atoms with E-state index < -0.39 is 4.92 Å². The molecule has 2 rings (SSSR count). The van der Waals surface area contributed by atoms with Crippen LogP contribution in [0.15, 0.2) is 36.5 Å². The Morgan fingerprint density at radius 2 is 2.10 bits per heavy atom. The largest absolute Gasteiger partial charge is 0.438 e. The second-order valence-corrected chi connectivity index (χ2v) is 3.87. The normalized spacial score (nSPS) is 9.80. The second-order valence-electron chi connectivity index (χ2n) is 3.87. The Morgan fingerprint density at radius 3 is 2.65 bits per heavy atom. The van der Waals surface area contributed by atoms with E-state index in [0.29, 0.717) is 12.3 Å². The molecule has 0 spiro atoms. The quantitative estimate of drug-likeness (QED) is 0.672. The minimum Gasteiger partial charge on any atom is -0.438 e. The van der Waals surface area contributed by atoms with E-state index in [2.05, 4.69) is 4.98 Å². The zero-order valence-electron chi connectivity index (χ0n) is 10.3. The number of benzene rings is 1. The summed E-state index contributed by atoms with van der Waals surface area (Å²) in [6, 6.07) is 9.89. The van der Waals surface area contributed by atoms with Gasteiger partial charge in [0.15, 0.2) is 0 Å². The maximum atomic E-state index is 10.6. The smallest absolute Gasteiger partial charge is 0.289 e. The number of nitriles is 1. The predicted molar refractivity (Wildman–Crippen MR) is 70.0 cm³/mol. The molecule has 0 aliphatic carbocycles. The molecule has 7 heteroatoms. The lowest BCUT2D eigenvalue weighted by Crippen LogP contribution is -1.97. The molecule has 0 amide bonds. The van der Waals surface area contributed by atoms with Crippen molar-refractivity contribution in [2.24, 2.45) is 5.73 Å². The molecule has 0 saturated carbocycles. The van der Waals surface area contributed by atoms with Gasteiger partial charge in [-0.15, -0.1) is 0 Å². The second kappa shape index (κ2) is 5.77. The molecule has 2 N–H and O–H groups in total. The fourth-order valence-electron chi connectivity index (χ4n) is 1.51. The van der Waals surface area contributed by atoms with Crippen LogP contribution in [0.3, 0.4) is 0 Å². The van der Waals surface area contributed by atoms with Crippen molar-refractivity contribution in [1.29, 1.82) is 5.26 Å². The van der Waals surface area contributed by atoms with E-state index in [0.717, 1.165) is 17.8 Å². The number of hydrogen-bond donors (Lipinski definition) is 1. The molecule has 1 aromatic heterocycles. The summed E-state index contributed by atoms with van der Waals surface area (Å²) in [5.41, 5.74) is 6.17. The summed E-state index contributed by atoms with van der Waals surface area (Å²) in [7, 11) is 0. The first kappa shape index (κ1) is 13.5. The maximum absolute atomic E-state index is 10.6. The van der Waals surface area contributed by atoms with Gasteiger partial charge in [-0.05, 0) is 17.7 Å². The molecule has 1 heterocycles. The fraction of sp³-hybridized carbons (Fsp3) is 0.0769. The van der Waals surface area contributed by atoms with Crippen molar-refractivity contribution >= 4 is 5.69 Å². The molecule has 0 fully saturated rings. The molecule has 20 heavy (non-hydrogen) atoms. The number of rotatable bonds is 4. The van der Waals surface area contributed by atoms with Crippen LogP contribution in [0.5, 0.6) is 11.6 Å². The van der Waals surface area contributed by atoms with Crippen molar-refractivity contribution in [2.45, 2.75) is 6.54 Å². The minimum atomic E-state index is -0.617. The predicted octanol–water partition coefficient (Wildman–Crippen LogP) is 2.11.